The van der Waals surface area contributed by atoms with Crippen molar-refractivity contribution in [3.63, 3.8) is 0 Å². The normalized spacial score (nSPS) is 26.2. The largest absolute Gasteiger partial charge is 0.341 e. The maximum absolute atomic E-state index is 13.2. The molecule has 25 heavy (non-hydrogen) atoms. The first kappa shape index (κ1) is 17.0. The third-order valence-electron chi connectivity index (χ3n) is 6.25. The summed E-state index contributed by atoms with van der Waals surface area (Å²) in [7, 11) is 0. The molecular weight excluding hydrogens is 334 g/mol. The van der Waals surface area contributed by atoms with Crippen molar-refractivity contribution in [2.24, 2.45) is 5.41 Å². The van der Waals surface area contributed by atoms with Crippen LogP contribution in [0.4, 0.5) is 0 Å². The summed E-state index contributed by atoms with van der Waals surface area (Å²) in [5.74, 6) is 0.201. The fourth-order valence-electron chi connectivity index (χ4n) is 4.61. The molecule has 3 fully saturated rings. The Labute approximate surface area is 153 Å². The zero-order chi connectivity index (χ0) is 17.3. The molecule has 0 bridgehead atoms. The van der Waals surface area contributed by atoms with Crippen LogP contribution in [-0.4, -0.2) is 60.4 Å². The maximum atomic E-state index is 13.2. The van der Waals surface area contributed by atoms with Crippen LogP contribution in [0.3, 0.4) is 0 Å². The molecule has 1 N–H and O–H groups in total. The van der Waals surface area contributed by atoms with Gasteiger partial charge in [-0.15, -0.1) is 11.3 Å². The monoisotopic (exact) mass is 361 g/mol. The van der Waals surface area contributed by atoms with Crippen molar-refractivity contribution in [2.45, 2.75) is 44.6 Å². The molecule has 0 radical (unpaired) electrons. The lowest BCUT2D eigenvalue weighted by Crippen LogP contribution is -2.55. The fraction of sp³-hybridized carbons (Fsp3) is 0.684. The highest BCUT2D eigenvalue weighted by atomic mass is 32.1. The van der Waals surface area contributed by atoms with Crippen molar-refractivity contribution >= 4 is 23.2 Å². The van der Waals surface area contributed by atoms with Crippen LogP contribution in [0.5, 0.6) is 0 Å². The molecule has 3 aliphatic heterocycles. The van der Waals surface area contributed by atoms with E-state index in [0.717, 1.165) is 63.2 Å². The average molecular weight is 362 g/mol. The number of rotatable bonds is 2. The second-order valence-corrected chi connectivity index (χ2v) is 8.69. The van der Waals surface area contributed by atoms with E-state index in [9.17, 15) is 9.59 Å². The van der Waals surface area contributed by atoms with Crippen molar-refractivity contribution in [3.8, 4) is 0 Å². The van der Waals surface area contributed by atoms with Crippen LogP contribution in [0.2, 0.25) is 0 Å². The first-order chi connectivity index (χ1) is 12.2. The van der Waals surface area contributed by atoms with Gasteiger partial charge >= 0.3 is 0 Å². The molecule has 3 saturated heterocycles. The summed E-state index contributed by atoms with van der Waals surface area (Å²) in [6, 6.07) is 3.50. The van der Waals surface area contributed by atoms with Crippen molar-refractivity contribution in [1.29, 1.82) is 0 Å². The van der Waals surface area contributed by atoms with Crippen molar-refractivity contribution in [1.82, 2.24) is 15.1 Å². The molecule has 1 aromatic rings. The Kier molecular flexibility index (Phi) is 4.82. The molecule has 0 saturated carbocycles. The lowest BCUT2D eigenvalue weighted by Gasteiger charge is -2.42. The van der Waals surface area contributed by atoms with E-state index in [4.69, 9.17) is 0 Å². The van der Waals surface area contributed by atoms with Crippen molar-refractivity contribution in [2.75, 3.05) is 32.7 Å². The molecule has 6 heteroatoms. The lowest BCUT2D eigenvalue weighted by molar-refractivity contribution is -0.139. The fourth-order valence-corrected chi connectivity index (χ4v) is 5.29. The number of amides is 2. The molecular formula is C19H27N3O2S. The Bertz CT molecular complexity index is 615. The van der Waals surface area contributed by atoms with E-state index in [1.807, 2.05) is 27.3 Å². The number of likely N-dealkylation sites (tertiary alicyclic amines) is 2. The van der Waals surface area contributed by atoms with E-state index in [1.54, 1.807) is 0 Å². The number of carbonyl (C=O) groups excluding carboxylic acids is 2. The number of nitrogens with one attached hydrogen (secondary N) is 1. The summed E-state index contributed by atoms with van der Waals surface area (Å²) in [5, 5.41) is 5.40. The molecule has 1 aromatic heterocycles. The Morgan fingerprint density at radius 2 is 2.00 bits per heavy atom. The highest BCUT2D eigenvalue weighted by molar-refractivity contribution is 7.12. The lowest BCUT2D eigenvalue weighted by atomic mass is 9.77. The second-order valence-electron chi connectivity index (χ2n) is 7.74. The van der Waals surface area contributed by atoms with E-state index < -0.39 is 0 Å². The topological polar surface area (TPSA) is 52.7 Å². The number of hydrogen-bond acceptors (Lipinski definition) is 4. The molecule has 5 nitrogen and oxygen atoms in total. The molecule has 0 aromatic carbocycles. The van der Waals surface area contributed by atoms with Gasteiger partial charge in [0.05, 0.1) is 4.88 Å². The SMILES string of the molecule is O=C(C1CCCCN1C(=O)c1cccs1)N1CCC2(CCNC2)CC1. The second kappa shape index (κ2) is 7.08. The first-order valence-corrected chi connectivity index (χ1v) is 10.4. The highest BCUT2D eigenvalue weighted by Gasteiger charge is 2.41. The predicted octanol–water partition coefficient (Wildman–Crippen LogP) is 2.34. The first-order valence-electron chi connectivity index (χ1n) is 9.53. The maximum Gasteiger partial charge on any atom is 0.264 e. The molecule has 2 amide bonds. The molecule has 136 valence electrons. The van der Waals surface area contributed by atoms with Crippen LogP contribution in [0.15, 0.2) is 17.5 Å². The summed E-state index contributed by atoms with van der Waals surface area (Å²) in [5.41, 5.74) is 0.413. The smallest absolute Gasteiger partial charge is 0.264 e. The predicted molar refractivity (Wildman–Crippen MR) is 98.7 cm³/mol. The molecule has 0 aliphatic carbocycles. The van der Waals surface area contributed by atoms with Gasteiger partial charge in [-0.2, -0.15) is 0 Å². The van der Waals surface area contributed by atoms with Gasteiger partial charge in [0, 0.05) is 26.2 Å². The molecule has 4 heterocycles. The Balaban J connectivity index is 1.43. The van der Waals surface area contributed by atoms with Gasteiger partial charge in [-0.3, -0.25) is 9.59 Å². The number of thiophene rings is 1. The standard InChI is InChI=1S/C19H27N3O2S/c23-17(21-11-7-19(8-12-21)6-9-20-14-19)15-4-1-2-10-22(15)18(24)16-5-3-13-25-16/h3,5,13,15,20H,1-2,4,6-12,14H2. The number of nitrogens with zero attached hydrogens (tertiary/aromatic N) is 2. The van der Waals surface area contributed by atoms with Gasteiger partial charge in [-0.25, -0.2) is 0 Å². The van der Waals surface area contributed by atoms with E-state index in [-0.39, 0.29) is 17.9 Å². The number of carbonyl (C=O) groups is 2. The van der Waals surface area contributed by atoms with Crippen LogP contribution in [0.25, 0.3) is 0 Å². The quantitative estimate of drug-likeness (QED) is 0.880. The van der Waals surface area contributed by atoms with Gasteiger partial charge in [-0.05, 0) is 61.9 Å². The van der Waals surface area contributed by atoms with Gasteiger partial charge in [-0.1, -0.05) is 6.07 Å². The minimum absolute atomic E-state index is 0.0292. The number of hydrogen-bond donors (Lipinski definition) is 1. The summed E-state index contributed by atoms with van der Waals surface area (Å²) < 4.78 is 0. The van der Waals surface area contributed by atoms with Gasteiger partial charge in [0.1, 0.15) is 6.04 Å². The zero-order valence-corrected chi connectivity index (χ0v) is 15.5. The Hall–Kier alpha value is -1.40. The molecule has 1 spiro atoms. The zero-order valence-electron chi connectivity index (χ0n) is 14.7. The van der Waals surface area contributed by atoms with Gasteiger partial charge < -0.3 is 15.1 Å². The summed E-state index contributed by atoms with van der Waals surface area (Å²) in [6.45, 7) is 4.60. The van der Waals surface area contributed by atoms with E-state index in [2.05, 4.69) is 5.32 Å². The van der Waals surface area contributed by atoms with Gasteiger partial charge in [0.15, 0.2) is 0 Å². The Morgan fingerprint density at radius 3 is 2.68 bits per heavy atom. The van der Waals surface area contributed by atoms with Crippen molar-refractivity contribution in [3.05, 3.63) is 22.4 Å². The van der Waals surface area contributed by atoms with Crippen LogP contribution in [0.1, 0.15) is 48.2 Å². The highest BCUT2D eigenvalue weighted by Crippen LogP contribution is 2.37. The van der Waals surface area contributed by atoms with Gasteiger partial charge in [0.25, 0.3) is 5.91 Å². The third kappa shape index (κ3) is 3.34. The average Bonchev–Trinajstić information content (AvgIpc) is 3.34. The minimum Gasteiger partial charge on any atom is -0.341 e. The molecule has 3 aliphatic rings. The Morgan fingerprint density at radius 1 is 1.16 bits per heavy atom. The van der Waals surface area contributed by atoms with E-state index in [1.165, 1.54) is 17.8 Å². The van der Waals surface area contributed by atoms with Crippen LogP contribution < -0.4 is 5.32 Å². The molecule has 1 unspecified atom stereocenters. The third-order valence-corrected chi connectivity index (χ3v) is 7.11. The van der Waals surface area contributed by atoms with Gasteiger partial charge in [0.2, 0.25) is 5.91 Å². The van der Waals surface area contributed by atoms with E-state index >= 15 is 0 Å². The van der Waals surface area contributed by atoms with Crippen molar-refractivity contribution < 1.29 is 9.59 Å². The van der Waals surface area contributed by atoms with Crippen LogP contribution in [0, 0.1) is 5.41 Å². The van der Waals surface area contributed by atoms with Crippen LogP contribution in [-0.2, 0) is 4.79 Å². The number of piperidine rings is 2. The summed E-state index contributed by atoms with van der Waals surface area (Å²) in [6.07, 6.45) is 6.26. The summed E-state index contributed by atoms with van der Waals surface area (Å²) >= 11 is 1.46. The molecule has 4 rings (SSSR count). The van der Waals surface area contributed by atoms with E-state index in [0.29, 0.717) is 12.0 Å². The van der Waals surface area contributed by atoms with Crippen LogP contribution >= 0.6 is 11.3 Å². The summed E-state index contributed by atoms with van der Waals surface area (Å²) in [4.78, 5) is 30.6. The molecule has 1 atom stereocenters. The minimum atomic E-state index is -0.265.